The molecule has 1 aliphatic heterocycles. The van der Waals surface area contributed by atoms with Crippen LogP contribution in [0.3, 0.4) is 0 Å². The van der Waals surface area contributed by atoms with Gasteiger partial charge in [0.1, 0.15) is 18.0 Å². The van der Waals surface area contributed by atoms with Gasteiger partial charge in [0.2, 0.25) is 0 Å². The van der Waals surface area contributed by atoms with Crippen LogP contribution in [0.2, 0.25) is 0 Å². The Morgan fingerprint density at radius 2 is 1.89 bits per heavy atom. The summed E-state index contributed by atoms with van der Waals surface area (Å²) in [4.78, 5) is 2.19. The summed E-state index contributed by atoms with van der Waals surface area (Å²) in [6, 6.07) is 13.8. The summed E-state index contributed by atoms with van der Waals surface area (Å²) in [5, 5.41) is 15.6. The van der Waals surface area contributed by atoms with Crippen LogP contribution in [0.15, 0.2) is 54.9 Å². The quantitative estimate of drug-likeness (QED) is 0.407. The van der Waals surface area contributed by atoms with Crippen molar-refractivity contribution < 1.29 is 24.1 Å². The van der Waals surface area contributed by atoms with E-state index >= 15 is 0 Å². The minimum Gasteiger partial charge on any atom is -0.493 e. The van der Waals surface area contributed by atoms with Crippen molar-refractivity contribution in [1.82, 2.24) is 14.7 Å². The van der Waals surface area contributed by atoms with Crippen molar-refractivity contribution in [2.75, 3.05) is 46.6 Å². The molecule has 4 rings (SSSR count). The number of aromatic nitrogens is 2. The maximum atomic E-state index is 11.2. The Balaban J connectivity index is 1.34. The number of benzene rings is 2. The zero-order valence-electron chi connectivity index (χ0n) is 21.5. The number of nitrogens with zero attached hydrogens (tertiary/aromatic N) is 3. The monoisotopic (exact) mass is 495 g/mol. The highest BCUT2D eigenvalue weighted by Gasteiger charge is 2.33. The summed E-state index contributed by atoms with van der Waals surface area (Å²) < 4.78 is 25.1. The predicted molar refractivity (Wildman–Crippen MR) is 138 cm³/mol. The third kappa shape index (κ3) is 7.46. The van der Waals surface area contributed by atoms with Crippen LogP contribution in [0.5, 0.6) is 17.2 Å². The molecule has 0 aliphatic carbocycles. The van der Waals surface area contributed by atoms with Gasteiger partial charge in [-0.3, -0.25) is 9.58 Å². The first-order chi connectivity index (χ1) is 17.4. The van der Waals surface area contributed by atoms with Crippen LogP contribution in [0, 0.1) is 13.8 Å². The molecule has 0 unspecified atom stereocenters. The molecule has 3 aromatic rings. The Kier molecular flexibility index (Phi) is 8.85. The minimum absolute atomic E-state index is 0.166. The first-order valence-corrected chi connectivity index (χ1v) is 12.4. The number of aryl methyl sites for hydroxylation is 3. The Morgan fingerprint density at radius 1 is 1.06 bits per heavy atom. The van der Waals surface area contributed by atoms with Crippen molar-refractivity contribution in [2.24, 2.45) is 0 Å². The Bertz CT molecular complexity index is 1100. The molecule has 2 aromatic carbocycles. The molecule has 0 radical (unpaired) electrons. The third-order valence-corrected chi connectivity index (χ3v) is 6.15. The van der Waals surface area contributed by atoms with Crippen molar-refractivity contribution in [2.45, 2.75) is 39.0 Å². The van der Waals surface area contributed by atoms with Gasteiger partial charge in [-0.25, -0.2) is 0 Å². The lowest BCUT2D eigenvalue weighted by atomic mass is 10.1. The lowest BCUT2D eigenvalue weighted by molar-refractivity contribution is -0.0646. The fourth-order valence-corrected chi connectivity index (χ4v) is 4.26. The van der Waals surface area contributed by atoms with E-state index in [0.29, 0.717) is 32.1 Å². The normalized spacial score (nSPS) is 18.6. The largest absolute Gasteiger partial charge is 0.493 e. The minimum atomic E-state index is -1.10. The zero-order chi connectivity index (χ0) is 25.4. The van der Waals surface area contributed by atoms with Gasteiger partial charge < -0.3 is 24.1 Å². The SMILES string of the molecule is COc1ccc(CN2CCOC[C@](O)(COc3ccc(C)cc3)C2)cc1OCCCn1cc(C)cn1. The molecule has 1 aromatic heterocycles. The zero-order valence-corrected chi connectivity index (χ0v) is 21.5. The van der Waals surface area contributed by atoms with Gasteiger partial charge in [0, 0.05) is 38.8 Å². The van der Waals surface area contributed by atoms with E-state index in [1.807, 2.05) is 73.4 Å². The van der Waals surface area contributed by atoms with Crippen molar-refractivity contribution in [3.63, 3.8) is 0 Å². The molecule has 1 aliphatic rings. The fourth-order valence-electron chi connectivity index (χ4n) is 4.26. The lowest BCUT2D eigenvalue weighted by Gasteiger charge is -2.30. The average Bonchev–Trinajstić information content (AvgIpc) is 3.19. The summed E-state index contributed by atoms with van der Waals surface area (Å²) in [5.74, 6) is 2.16. The Labute approximate surface area is 213 Å². The molecule has 8 nitrogen and oxygen atoms in total. The van der Waals surface area contributed by atoms with Crippen LogP contribution in [0.25, 0.3) is 0 Å². The molecule has 1 saturated heterocycles. The van der Waals surface area contributed by atoms with Gasteiger partial charge in [0.05, 0.1) is 33.1 Å². The molecule has 1 atom stereocenters. The summed E-state index contributed by atoms with van der Waals surface area (Å²) in [7, 11) is 1.65. The molecular formula is C28H37N3O5. The van der Waals surface area contributed by atoms with Gasteiger partial charge in [0.15, 0.2) is 11.5 Å². The number of ether oxygens (including phenoxy) is 4. The van der Waals surface area contributed by atoms with Crippen molar-refractivity contribution >= 4 is 0 Å². The number of hydrogen-bond acceptors (Lipinski definition) is 7. The van der Waals surface area contributed by atoms with Crippen molar-refractivity contribution in [1.29, 1.82) is 0 Å². The second-order valence-electron chi connectivity index (χ2n) is 9.56. The van der Waals surface area contributed by atoms with Crippen LogP contribution in [0.1, 0.15) is 23.1 Å². The highest BCUT2D eigenvalue weighted by atomic mass is 16.5. The van der Waals surface area contributed by atoms with E-state index in [1.165, 1.54) is 5.56 Å². The second kappa shape index (κ2) is 12.3. The Morgan fingerprint density at radius 3 is 2.64 bits per heavy atom. The molecule has 0 spiro atoms. The summed E-state index contributed by atoms with van der Waals surface area (Å²) in [5.41, 5.74) is 2.30. The summed E-state index contributed by atoms with van der Waals surface area (Å²) >= 11 is 0. The van der Waals surface area contributed by atoms with Gasteiger partial charge in [-0.2, -0.15) is 5.10 Å². The molecule has 8 heteroatoms. The van der Waals surface area contributed by atoms with Gasteiger partial charge in [-0.1, -0.05) is 23.8 Å². The van der Waals surface area contributed by atoms with Crippen molar-refractivity contribution in [3.05, 3.63) is 71.5 Å². The predicted octanol–water partition coefficient (Wildman–Crippen LogP) is 3.62. The molecule has 0 amide bonds. The van der Waals surface area contributed by atoms with Crippen LogP contribution in [-0.4, -0.2) is 72.0 Å². The Hall–Kier alpha value is -3.07. The van der Waals surface area contributed by atoms with E-state index in [9.17, 15) is 5.11 Å². The molecule has 1 fully saturated rings. The van der Waals surface area contributed by atoms with Crippen LogP contribution < -0.4 is 14.2 Å². The van der Waals surface area contributed by atoms with E-state index in [-0.39, 0.29) is 13.2 Å². The lowest BCUT2D eigenvalue weighted by Crippen LogP contribution is -2.48. The maximum Gasteiger partial charge on any atom is 0.161 e. The van der Waals surface area contributed by atoms with Crippen LogP contribution in [-0.2, 0) is 17.8 Å². The molecular weight excluding hydrogens is 458 g/mol. The molecule has 194 valence electrons. The third-order valence-electron chi connectivity index (χ3n) is 6.15. The number of rotatable bonds is 11. The van der Waals surface area contributed by atoms with E-state index < -0.39 is 5.60 Å². The fraction of sp³-hybridized carbons (Fsp3) is 0.464. The standard InChI is InChI=1S/C28H37N3O5/c1-22-5-8-25(9-6-22)36-21-28(32)19-30(12-14-34-20-28)18-24-7-10-26(33-3)27(15-24)35-13-4-11-31-17-23(2)16-29-31/h5-10,15-17,32H,4,11-14,18-21H2,1-3H3/t28-/m0/s1. The first kappa shape index (κ1) is 26.0. The number of aliphatic hydroxyl groups is 1. The molecule has 0 saturated carbocycles. The number of methoxy groups -OCH3 is 1. The molecule has 1 N–H and O–H groups in total. The van der Waals surface area contributed by atoms with E-state index in [0.717, 1.165) is 42.1 Å². The highest BCUT2D eigenvalue weighted by Crippen LogP contribution is 2.29. The van der Waals surface area contributed by atoms with Gasteiger partial charge in [-0.15, -0.1) is 0 Å². The molecule has 0 bridgehead atoms. The summed E-state index contributed by atoms with van der Waals surface area (Å²) in [6.45, 7) is 8.21. The summed E-state index contributed by atoms with van der Waals surface area (Å²) in [6.07, 6.45) is 4.72. The number of β-amino-alcohol motifs (C(OH)–C–C–N with tert-alkyl or cyclic N) is 1. The van der Waals surface area contributed by atoms with Crippen LogP contribution in [0.4, 0.5) is 0 Å². The molecule has 36 heavy (non-hydrogen) atoms. The average molecular weight is 496 g/mol. The van der Waals surface area contributed by atoms with Gasteiger partial charge in [0.25, 0.3) is 0 Å². The van der Waals surface area contributed by atoms with Gasteiger partial charge in [-0.05, 0) is 49.2 Å². The first-order valence-electron chi connectivity index (χ1n) is 12.4. The second-order valence-corrected chi connectivity index (χ2v) is 9.56. The smallest absolute Gasteiger partial charge is 0.161 e. The van der Waals surface area contributed by atoms with Crippen molar-refractivity contribution in [3.8, 4) is 17.2 Å². The topological polar surface area (TPSA) is 78.2 Å². The van der Waals surface area contributed by atoms with Crippen LogP contribution >= 0.6 is 0 Å². The maximum absolute atomic E-state index is 11.2. The highest BCUT2D eigenvalue weighted by molar-refractivity contribution is 5.43. The van der Waals surface area contributed by atoms with E-state index in [2.05, 4.69) is 10.00 Å². The van der Waals surface area contributed by atoms with E-state index in [1.54, 1.807) is 7.11 Å². The number of hydrogen-bond donors (Lipinski definition) is 1. The van der Waals surface area contributed by atoms with Gasteiger partial charge >= 0.3 is 0 Å². The molecule has 2 heterocycles. The van der Waals surface area contributed by atoms with E-state index in [4.69, 9.17) is 18.9 Å².